The molecule has 1 aromatic carbocycles. The van der Waals surface area contributed by atoms with Gasteiger partial charge >= 0.3 is 11.9 Å². The summed E-state index contributed by atoms with van der Waals surface area (Å²) >= 11 is 0. The molecule has 1 heterocycles. The topological polar surface area (TPSA) is 46.6 Å². The lowest BCUT2D eigenvalue weighted by molar-refractivity contribution is -0.166. The Hall–Kier alpha value is -2.05. The van der Waals surface area contributed by atoms with Gasteiger partial charge in [-0.25, -0.2) is 18.0 Å². The molecule has 0 saturated carbocycles. The zero-order valence-electron chi connectivity index (χ0n) is 9.08. The van der Waals surface area contributed by atoms with Crippen LogP contribution in [-0.4, -0.2) is 29.9 Å². The summed E-state index contributed by atoms with van der Waals surface area (Å²) in [7, 11) is 0. The minimum absolute atomic E-state index is 0.00410. The van der Waals surface area contributed by atoms with E-state index in [9.17, 15) is 22.8 Å². The summed E-state index contributed by atoms with van der Waals surface area (Å²) in [4.78, 5) is 23.3. The average molecular weight is 259 g/mol. The molecule has 0 bridgehead atoms. The highest BCUT2D eigenvalue weighted by Crippen LogP contribution is 2.17. The van der Waals surface area contributed by atoms with E-state index >= 15 is 0 Å². The average Bonchev–Trinajstić information content (AvgIpc) is 2.35. The summed E-state index contributed by atoms with van der Waals surface area (Å²) < 4.78 is 43.5. The molecule has 0 radical (unpaired) electrons. The van der Waals surface area contributed by atoms with Crippen molar-refractivity contribution in [3.05, 3.63) is 35.1 Å². The molecular weight excluding hydrogens is 251 g/mol. The summed E-state index contributed by atoms with van der Waals surface area (Å²) in [6.45, 7) is -0.226. The minimum atomic E-state index is -1.60. The van der Waals surface area contributed by atoms with Crippen molar-refractivity contribution in [1.82, 2.24) is 4.90 Å². The van der Waals surface area contributed by atoms with E-state index in [1.165, 1.54) is 0 Å². The van der Waals surface area contributed by atoms with Crippen molar-refractivity contribution in [3.8, 4) is 0 Å². The first-order chi connectivity index (χ1) is 8.50. The van der Waals surface area contributed by atoms with Gasteiger partial charge in [0.2, 0.25) is 0 Å². The van der Waals surface area contributed by atoms with Crippen LogP contribution in [0.4, 0.5) is 13.2 Å². The lowest BCUT2D eigenvalue weighted by atomic mass is 10.1. The van der Waals surface area contributed by atoms with Crippen LogP contribution in [0.3, 0.4) is 0 Å². The van der Waals surface area contributed by atoms with Crippen molar-refractivity contribution < 1.29 is 27.5 Å². The van der Waals surface area contributed by atoms with E-state index in [1.54, 1.807) is 0 Å². The third kappa shape index (κ3) is 2.15. The first kappa shape index (κ1) is 12.4. The maximum absolute atomic E-state index is 13.4. The summed E-state index contributed by atoms with van der Waals surface area (Å²) in [6, 6.07) is 1.79. The smallest absolute Gasteiger partial charge is 0.397 e. The van der Waals surface area contributed by atoms with Crippen LogP contribution >= 0.6 is 0 Å². The molecular formula is C11H8F3NO3. The van der Waals surface area contributed by atoms with Gasteiger partial charge in [-0.3, -0.25) is 4.79 Å². The minimum Gasteiger partial charge on any atom is -0.457 e. The molecule has 7 heteroatoms. The van der Waals surface area contributed by atoms with Crippen LogP contribution in [-0.2, 0) is 20.9 Å². The highest BCUT2D eigenvalue weighted by molar-refractivity contribution is 6.32. The quantitative estimate of drug-likeness (QED) is 0.452. The molecule has 18 heavy (non-hydrogen) atoms. The van der Waals surface area contributed by atoms with Crippen LogP contribution in [0.15, 0.2) is 12.1 Å². The van der Waals surface area contributed by atoms with Gasteiger partial charge in [0.05, 0.1) is 6.54 Å². The SMILES string of the molecule is O=C1OCCN(Cc2ccc(F)c(F)c2F)C1=O. The Labute approximate surface area is 99.9 Å². The third-order valence-corrected chi connectivity index (χ3v) is 2.53. The van der Waals surface area contributed by atoms with Gasteiger partial charge in [0.25, 0.3) is 0 Å². The number of rotatable bonds is 2. The Bertz CT molecular complexity index is 519. The second kappa shape index (κ2) is 4.67. The molecule has 0 aromatic heterocycles. The highest BCUT2D eigenvalue weighted by atomic mass is 19.2. The summed E-state index contributed by atoms with van der Waals surface area (Å²) in [5.74, 6) is -6.23. The molecule has 0 N–H and O–H groups in total. The van der Waals surface area contributed by atoms with Gasteiger partial charge in [-0.15, -0.1) is 0 Å². The second-order valence-electron chi connectivity index (χ2n) is 3.70. The van der Waals surface area contributed by atoms with E-state index in [0.717, 1.165) is 17.0 Å². The van der Waals surface area contributed by atoms with Crippen molar-refractivity contribution in [1.29, 1.82) is 0 Å². The number of carbonyl (C=O) groups is 2. The van der Waals surface area contributed by atoms with Crippen LogP contribution in [0, 0.1) is 17.5 Å². The fourth-order valence-corrected chi connectivity index (χ4v) is 1.59. The van der Waals surface area contributed by atoms with Gasteiger partial charge in [-0.05, 0) is 6.07 Å². The van der Waals surface area contributed by atoms with Gasteiger partial charge in [-0.1, -0.05) is 6.07 Å². The molecule has 0 aliphatic carbocycles. The second-order valence-corrected chi connectivity index (χ2v) is 3.70. The number of amides is 1. The molecule has 96 valence electrons. The molecule has 0 unspecified atom stereocenters. The molecule has 1 aliphatic heterocycles. The Morgan fingerprint density at radius 1 is 1.17 bits per heavy atom. The number of hydrogen-bond acceptors (Lipinski definition) is 3. The van der Waals surface area contributed by atoms with Crippen molar-refractivity contribution in [2.75, 3.05) is 13.2 Å². The highest BCUT2D eigenvalue weighted by Gasteiger charge is 2.29. The number of cyclic esters (lactones) is 1. The maximum atomic E-state index is 13.4. The van der Waals surface area contributed by atoms with Crippen LogP contribution in [0.25, 0.3) is 0 Å². The molecule has 1 saturated heterocycles. The van der Waals surface area contributed by atoms with E-state index in [2.05, 4.69) is 4.74 Å². The normalized spacial score (nSPS) is 15.8. The number of benzene rings is 1. The molecule has 0 spiro atoms. The van der Waals surface area contributed by atoms with Crippen molar-refractivity contribution >= 4 is 11.9 Å². The standard InChI is InChI=1S/C11H8F3NO3/c12-7-2-1-6(8(13)9(7)14)5-15-3-4-18-11(17)10(15)16/h1-2H,3-5H2. The molecule has 1 aromatic rings. The van der Waals surface area contributed by atoms with Gasteiger partial charge < -0.3 is 9.64 Å². The van der Waals surface area contributed by atoms with E-state index in [0.29, 0.717) is 0 Å². The lowest BCUT2D eigenvalue weighted by Crippen LogP contribution is -2.44. The van der Waals surface area contributed by atoms with Crippen molar-refractivity contribution in [3.63, 3.8) is 0 Å². The number of carbonyl (C=O) groups excluding carboxylic acids is 2. The Kier molecular flexibility index (Phi) is 3.22. The van der Waals surface area contributed by atoms with E-state index < -0.39 is 29.3 Å². The summed E-state index contributed by atoms with van der Waals surface area (Å²) in [5, 5.41) is 0. The van der Waals surface area contributed by atoms with E-state index in [1.807, 2.05) is 0 Å². The molecule has 4 nitrogen and oxygen atoms in total. The zero-order valence-corrected chi connectivity index (χ0v) is 9.08. The van der Waals surface area contributed by atoms with Crippen molar-refractivity contribution in [2.45, 2.75) is 6.54 Å². The van der Waals surface area contributed by atoms with Gasteiger partial charge in [0.1, 0.15) is 6.61 Å². The molecule has 1 amide bonds. The largest absolute Gasteiger partial charge is 0.457 e. The Morgan fingerprint density at radius 3 is 2.61 bits per heavy atom. The molecule has 1 aliphatic rings. The van der Waals surface area contributed by atoms with Gasteiger partial charge in [0, 0.05) is 12.1 Å². The maximum Gasteiger partial charge on any atom is 0.397 e. The van der Waals surface area contributed by atoms with Gasteiger partial charge in [-0.2, -0.15) is 0 Å². The Morgan fingerprint density at radius 2 is 1.89 bits per heavy atom. The van der Waals surface area contributed by atoms with Gasteiger partial charge in [0.15, 0.2) is 17.5 Å². The Balaban J connectivity index is 2.22. The van der Waals surface area contributed by atoms with Crippen LogP contribution in [0.5, 0.6) is 0 Å². The van der Waals surface area contributed by atoms with Crippen molar-refractivity contribution in [2.24, 2.45) is 0 Å². The monoisotopic (exact) mass is 259 g/mol. The third-order valence-electron chi connectivity index (χ3n) is 2.53. The number of halogens is 3. The lowest BCUT2D eigenvalue weighted by Gasteiger charge is -2.25. The molecule has 1 fully saturated rings. The fourth-order valence-electron chi connectivity index (χ4n) is 1.59. The predicted molar refractivity (Wildman–Crippen MR) is 52.7 cm³/mol. The number of hydrogen-bond donors (Lipinski definition) is 0. The number of nitrogens with zero attached hydrogens (tertiary/aromatic N) is 1. The number of morpholine rings is 1. The fraction of sp³-hybridized carbons (Fsp3) is 0.273. The molecule has 0 atom stereocenters. The first-order valence-corrected chi connectivity index (χ1v) is 5.09. The summed E-state index contributed by atoms with van der Waals surface area (Å²) in [5.41, 5.74) is -0.197. The predicted octanol–water partition coefficient (Wildman–Crippen LogP) is 0.989. The number of ether oxygens (including phenoxy) is 1. The first-order valence-electron chi connectivity index (χ1n) is 5.09. The van der Waals surface area contributed by atoms with Crippen LogP contribution in [0.2, 0.25) is 0 Å². The van der Waals surface area contributed by atoms with E-state index in [-0.39, 0.29) is 25.3 Å². The van der Waals surface area contributed by atoms with Crippen LogP contribution in [0.1, 0.15) is 5.56 Å². The van der Waals surface area contributed by atoms with E-state index in [4.69, 9.17) is 0 Å². The number of esters is 1. The molecule has 2 rings (SSSR count). The zero-order chi connectivity index (χ0) is 13.3. The summed E-state index contributed by atoms with van der Waals surface area (Å²) in [6.07, 6.45) is 0. The van der Waals surface area contributed by atoms with Crippen LogP contribution < -0.4 is 0 Å².